The summed E-state index contributed by atoms with van der Waals surface area (Å²) in [4.78, 5) is 0. The fourth-order valence-corrected chi connectivity index (χ4v) is 6.14. The summed E-state index contributed by atoms with van der Waals surface area (Å²) in [5.74, 6) is 0.888. The summed E-state index contributed by atoms with van der Waals surface area (Å²) < 4.78 is 34.2. The first-order chi connectivity index (χ1) is 21.6. The number of nitrogens with zero attached hydrogens (tertiary/aromatic N) is 4. The fraction of sp³-hybridized carbons (Fsp3) is 0.543. The van der Waals surface area contributed by atoms with Gasteiger partial charge in [0.2, 0.25) is 8.32 Å². The molecule has 4 aromatic rings. The van der Waals surface area contributed by atoms with E-state index in [0.717, 1.165) is 59.3 Å². The fourth-order valence-electron chi connectivity index (χ4n) is 5.12. The Morgan fingerprint density at radius 1 is 1.02 bits per heavy atom. The Bertz CT molecular complexity index is 1490. The zero-order valence-electron chi connectivity index (χ0n) is 27.8. The summed E-state index contributed by atoms with van der Waals surface area (Å²) >= 11 is 0. The third-order valence-corrected chi connectivity index (χ3v) is 13.1. The molecular formula is C35H50N4O5Si. The number of fused-ring (bicyclic) bond motifs is 1. The molecule has 9 nitrogen and oxygen atoms in total. The lowest BCUT2D eigenvalue weighted by atomic mass is 10.1. The first-order valence-corrected chi connectivity index (χ1v) is 19.2. The molecule has 2 aromatic carbocycles. The SMILES string of the molecule is CC(COCCn1cc(-c2nn(C3CCCCO3)c3ccc(O[Si](C)(C)C(C)(C)C)cc23)cn1)OCCOCc1ccccc1. The molecule has 0 aliphatic carbocycles. The summed E-state index contributed by atoms with van der Waals surface area (Å²) in [6.07, 6.45) is 7.04. The van der Waals surface area contributed by atoms with Crippen molar-refractivity contribution in [3.63, 3.8) is 0 Å². The second kappa shape index (κ2) is 15.0. The van der Waals surface area contributed by atoms with E-state index in [0.29, 0.717) is 39.6 Å². The Morgan fingerprint density at radius 3 is 2.60 bits per heavy atom. The standard InChI is InChI=1S/C35H50N4O5Si/c1-27(42-21-20-41-26-28-12-8-7-9-13-28)25-40-19-17-38-24-29(23-36-38)34-31-22-30(44-45(5,6)35(2,3)4)15-16-32(31)39(37-34)33-14-10-11-18-43-33/h7-9,12-13,15-16,22-24,27,33H,10-11,14,17-21,25-26H2,1-6H3. The quantitative estimate of drug-likeness (QED) is 0.0983. The maximum Gasteiger partial charge on any atom is 0.250 e. The first kappa shape index (κ1) is 33.3. The lowest BCUT2D eigenvalue weighted by molar-refractivity contribution is -0.0365. The predicted octanol–water partition coefficient (Wildman–Crippen LogP) is 7.62. The van der Waals surface area contributed by atoms with Crippen molar-refractivity contribution < 1.29 is 23.4 Å². The average Bonchev–Trinajstić information content (AvgIpc) is 3.64. The van der Waals surface area contributed by atoms with Crippen molar-refractivity contribution in [2.24, 2.45) is 0 Å². The van der Waals surface area contributed by atoms with Crippen LogP contribution in [0.2, 0.25) is 18.1 Å². The number of hydrogen-bond donors (Lipinski definition) is 0. The van der Waals surface area contributed by atoms with Crippen molar-refractivity contribution in [2.75, 3.05) is 33.0 Å². The van der Waals surface area contributed by atoms with Crippen LogP contribution in [0.1, 0.15) is 58.7 Å². The van der Waals surface area contributed by atoms with Crippen molar-refractivity contribution in [1.29, 1.82) is 0 Å². The molecule has 0 amide bonds. The van der Waals surface area contributed by atoms with Crippen LogP contribution in [0.5, 0.6) is 5.75 Å². The number of rotatable bonds is 15. The maximum atomic E-state index is 6.68. The molecule has 1 aliphatic rings. The molecule has 2 unspecified atom stereocenters. The predicted molar refractivity (Wildman–Crippen MR) is 180 cm³/mol. The second-order valence-electron chi connectivity index (χ2n) is 13.4. The first-order valence-electron chi connectivity index (χ1n) is 16.3. The molecule has 1 aliphatic heterocycles. The second-order valence-corrected chi connectivity index (χ2v) is 18.2. The molecule has 2 aromatic heterocycles. The smallest absolute Gasteiger partial charge is 0.250 e. The third kappa shape index (κ3) is 8.83. The van der Waals surface area contributed by atoms with Crippen molar-refractivity contribution in [3.8, 4) is 17.0 Å². The van der Waals surface area contributed by atoms with Crippen molar-refractivity contribution >= 4 is 19.2 Å². The molecule has 5 rings (SSSR count). The Balaban J connectivity index is 1.18. The van der Waals surface area contributed by atoms with Gasteiger partial charge in [-0.15, -0.1) is 0 Å². The highest BCUT2D eigenvalue weighted by Crippen LogP contribution is 2.39. The highest BCUT2D eigenvalue weighted by molar-refractivity contribution is 6.74. The van der Waals surface area contributed by atoms with E-state index in [2.05, 4.69) is 74.0 Å². The minimum absolute atomic E-state index is 0.0152. The molecule has 45 heavy (non-hydrogen) atoms. The Morgan fingerprint density at radius 2 is 1.84 bits per heavy atom. The third-order valence-electron chi connectivity index (χ3n) is 8.75. The summed E-state index contributed by atoms with van der Waals surface area (Å²) in [5.41, 5.74) is 4.07. The van der Waals surface area contributed by atoms with Gasteiger partial charge in [0.25, 0.3) is 0 Å². The molecule has 2 atom stereocenters. The molecule has 244 valence electrons. The van der Waals surface area contributed by atoms with Gasteiger partial charge in [-0.25, -0.2) is 4.68 Å². The summed E-state index contributed by atoms with van der Waals surface area (Å²) in [6.45, 7) is 17.5. The van der Waals surface area contributed by atoms with Gasteiger partial charge >= 0.3 is 0 Å². The van der Waals surface area contributed by atoms with Gasteiger partial charge in [-0.1, -0.05) is 51.1 Å². The molecule has 0 bridgehead atoms. The minimum atomic E-state index is -2.00. The average molecular weight is 635 g/mol. The number of benzene rings is 2. The molecule has 0 spiro atoms. The molecule has 0 N–H and O–H groups in total. The van der Waals surface area contributed by atoms with Crippen LogP contribution in [0.3, 0.4) is 0 Å². The largest absolute Gasteiger partial charge is 0.543 e. The highest BCUT2D eigenvalue weighted by atomic mass is 28.4. The van der Waals surface area contributed by atoms with Crippen LogP contribution in [0.4, 0.5) is 0 Å². The van der Waals surface area contributed by atoms with E-state index < -0.39 is 8.32 Å². The zero-order valence-corrected chi connectivity index (χ0v) is 28.8. The number of ether oxygens (including phenoxy) is 4. The van der Waals surface area contributed by atoms with Gasteiger partial charge in [0.15, 0.2) is 6.23 Å². The summed E-state index contributed by atoms with van der Waals surface area (Å²) in [7, 11) is -2.00. The summed E-state index contributed by atoms with van der Waals surface area (Å²) in [6, 6.07) is 16.5. The molecule has 0 saturated carbocycles. The molecule has 10 heteroatoms. The lowest BCUT2D eigenvalue weighted by Gasteiger charge is -2.36. The number of hydrogen-bond acceptors (Lipinski definition) is 7. The molecular weight excluding hydrogens is 584 g/mol. The van der Waals surface area contributed by atoms with Gasteiger partial charge in [0, 0.05) is 23.8 Å². The zero-order chi connectivity index (χ0) is 31.9. The normalized spacial score (nSPS) is 16.7. The van der Waals surface area contributed by atoms with E-state index >= 15 is 0 Å². The highest BCUT2D eigenvalue weighted by Gasteiger charge is 2.39. The molecule has 3 heterocycles. The molecule has 1 saturated heterocycles. The van der Waals surface area contributed by atoms with Crippen molar-refractivity contribution in [2.45, 2.75) is 90.6 Å². The van der Waals surface area contributed by atoms with E-state index in [1.165, 1.54) is 0 Å². The number of aromatic nitrogens is 4. The van der Waals surface area contributed by atoms with Crippen molar-refractivity contribution in [3.05, 3.63) is 66.5 Å². The van der Waals surface area contributed by atoms with Crippen LogP contribution in [-0.2, 0) is 32.1 Å². The Labute approximate surface area is 268 Å². The van der Waals surface area contributed by atoms with E-state index in [-0.39, 0.29) is 17.4 Å². The van der Waals surface area contributed by atoms with Gasteiger partial charge in [0.05, 0.1) is 57.4 Å². The monoisotopic (exact) mass is 634 g/mol. The van der Waals surface area contributed by atoms with Gasteiger partial charge in [-0.05, 0) is 68.1 Å². The van der Waals surface area contributed by atoms with Crippen molar-refractivity contribution in [1.82, 2.24) is 19.6 Å². The van der Waals surface area contributed by atoms with Crippen LogP contribution < -0.4 is 4.43 Å². The van der Waals surface area contributed by atoms with Gasteiger partial charge in [-0.2, -0.15) is 10.2 Å². The van der Waals surface area contributed by atoms with Crippen LogP contribution in [0.25, 0.3) is 22.2 Å². The topological polar surface area (TPSA) is 81.8 Å². The lowest BCUT2D eigenvalue weighted by Crippen LogP contribution is -2.43. The molecule has 0 radical (unpaired) electrons. The summed E-state index contributed by atoms with van der Waals surface area (Å²) in [5, 5.41) is 10.9. The van der Waals surface area contributed by atoms with Crippen LogP contribution >= 0.6 is 0 Å². The maximum absolute atomic E-state index is 6.68. The van der Waals surface area contributed by atoms with Gasteiger partial charge in [-0.3, -0.25) is 4.68 Å². The minimum Gasteiger partial charge on any atom is -0.543 e. The van der Waals surface area contributed by atoms with Gasteiger partial charge in [0.1, 0.15) is 11.4 Å². The molecule has 1 fully saturated rings. The van der Waals surface area contributed by atoms with Crippen LogP contribution in [0, 0.1) is 0 Å². The Hall–Kier alpha value is -3.02. The van der Waals surface area contributed by atoms with E-state index in [1.807, 2.05) is 42.2 Å². The van der Waals surface area contributed by atoms with E-state index in [1.54, 1.807) is 0 Å². The van der Waals surface area contributed by atoms with E-state index in [9.17, 15) is 0 Å². The van der Waals surface area contributed by atoms with E-state index in [4.69, 9.17) is 28.5 Å². The van der Waals surface area contributed by atoms with Crippen LogP contribution in [-0.4, -0.2) is 67.0 Å². The van der Waals surface area contributed by atoms with Gasteiger partial charge < -0.3 is 23.4 Å². The van der Waals surface area contributed by atoms with Crippen LogP contribution in [0.15, 0.2) is 60.9 Å². The Kier molecular flexibility index (Phi) is 11.1.